The van der Waals surface area contributed by atoms with Crippen molar-refractivity contribution in [1.29, 1.82) is 0 Å². The molecule has 0 saturated carbocycles. The highest BCUT2D eigenvalue weighted by atomic mass is 35.5. The summed E-state index contributed by atoms with van der Waals surface area (Å²) in [5.74, 6) is -0.411. The standard InChI is InChI=1S/C28H30Cl2N2O2/c1-3-26(28(34)31-4-2)32(19-22-15-16-23(29)17-25(22)30)27(33)18-24(20-11-7-5-8-12-20)21-13-9-6-10-14-21/h5-17,24,26H,3-4,18-19H2,1-2H3,(H,31,34)/t26-/m1/s1. The number of amides is 2. The molecule has 3 aromatic carbocycles. The summed E-state index contributed by atoms with van der Waals surface area (Å²) in [5.41, 5.74) is 2.85. The van der Waals surface area contributed by atoms with Crippen LogP contribution in [-0.4, -0.2) is 29.3 Å². The molecule has 0 spiro atoms. The van der Waals surface area contributed by atoms with Crippen LogP contribution in [0.1, 0.15) is 49.3 Å². The van der Waals surface area contributed by atoms with Crippen molar-refractivity contribution in [2.45, 2.75) is 45.2 Å². The Morgan fingerprint density at radius 3 is 1.97 bits per heavy atom. The molecule has 4 nitrogen and oxygen atoms in total. The predicted molar refractivity (Wildman–Crippen MR) is 139 cm³/mol. The summed E-state index contributed by atoms with van der Waals surface area (Å²) >= 11 is 12.5. The van der Waals surface area contributed by atoms with E-state index in [1.54, 1.807) is 23.1 Å². The molecule has 0 heterocycles. The third kappa shape index (κ3) is 6.62. The first kappa shape index (κ1) is 25.8. The molecule has 2 amide bonds. The van der Waals surface area contributed by atoms with Gasteiger partial charge in [0.25, 0.3) is 0 Å². The summed E-state index contributed by atoms with van der Waals surface area (Å²) in [5, 5.41) is 3.87. The molecule has 178 valence electrons. The number of likely N-dealkylation sites (N-methyl/N-ethyl adjacent to an activating group) is 1. The molecular formula is C28H30Cl2N2O2. The molecule has 0 fully saturated rings. The molecular weight excluding hydrogens is 467 g/mol. The first-order valence-corrected chi connectivity index (χ1v) is 12.3. The molecule has 3 aromatic rings. The fourth-order valence-corrected chi connectivity index (χ4v) is 4.60. The van der Waals surface area contributed by atoms with Gasteiger partial charge in [-0.05, 0) is 42.2 Å². The summed E-state index contributed by atoms with van der Waals surface area (Å²) in [7, 11) is 0. The second kappa shape index (κ2) is 12.6. The zero-order chi connectivity index (χ0) is 24.5. The fraction of sp³-hybridized carbons (Fsp3) is 0.286. The minimum absolute atomic E-state index is 0.109. The van der Waals surface area contributed by atoms with E-state index in [0.717, 1.165) is 16.7 Å². The van der Waals surface area contributed by atoms with E-state index < -0.39 is 6.04 Å². The van der Waals surface area contributed by atoms with Crippen LogP contribution < -0.4 is 5.32 Å². The molecule has 1 N–H and O–H groups in total. The maximum atomic E-state index is 13.9. The molecule has 0 radical (unpaired) electrons. The van der Waals surface area contributed by atoms with Gasteiger partial charge in [-0.25, -0.2) is 0 Å². The first-order valence-electron chi connectivity index (χ1n) is 11.6. The van der Waals surface area contributed by atoms with Gasteiger partial charge in [-0.15, -0.1) is 0 Å². The normalized spacial score (nSPS) is 11.8. The van der Waals surface area contributed by atoms with E-state index in [4.69, 9.17) is 23.2 Å². The van der Waals surface area contributed by atoms with Crippen LogP contribution in [-0.2, 0) is 16.1 Å². The van der Waals surface area contributed by atoms with Crippen molar-refractivity contribution in [2.24, 2.45) is 0 Å². The second-order valence-corrected chi connectivity index (χ2v) is 9.00. The minimum Gasteiger partial charge on any atom is -0.355 e. The summed E-state index contributed by atoms with van der Waals surface area (Å²) in [6.45, 7) is 4.50. The number of benzene rings is 3. The smallest absolute Gasteiger partial charge is 0.242 e. The number of hydrogen-bond acceptors (Lipinski definition) is 2. The van der Waals surface area contributed by atoms with Crippen molar-refractivity contribution in [1.82, 2.24) is 10.2 Å². The zero-order valence-corrected chi connectivity index (χ0v) is 21.0. The highest BCUT2D eigenvalue weighted by Crippen LogP contribution is 2.30. The summed E-state index contributed by atoms with van der Waals surface area (Å²) < 4.78 is 0. The summed E-state index contributed by atoms with van der Waals surface area (Å²) in [6, 6.07) is 24.6. The first-order chi connectivity index (χ1) is 16.4. The average Bonchev–Trinajstić information content (AvgIpc) is 2.85. The number of rotatable bonds is 10. The zero-order valence-electron chi connectivity index (χ0n) is 19.5. The molecule has 0 bridgehead atoms. The lowest BCUT2D eigenvalue weighted by Gasteiger charge is -2.32. The lowest BCUT2D eigenvalue weighted by Crippen LogP contribution is -2.49. The van der Waals surface area contributed by atoms with Gasteiger partial charge in [-0.1, -0.05) is 96.9 Å². The van der Waals surface area contributed by atoms with Gasteiger partial charge < -0.3 is 10.2 Å². The van der Waals surface area contributed by atoms with Crippen molar-refractivity contribution in [3.63, 3.8) is 0 Å². The Balaban J connectivity index is 1.97. The third-order valence-corrected chi connectivity index (χ3v) is 6.46. The molecule has 0 aromatic heterocycles. The van der Waals surface area contributed by atoms with Crippen LogP contribution in [0.5, 0.6) is 0 Å². The van der Waals surface area contributed by atoms with Gasteiger partial charge >= 0.3 is 0 Å². The number of nitrogens with zero attached hydrogens (tertiary/aromatic N) is 1. The van der Waals surface area contributed by atoms with Crippen molar-refractivity contribution >= 4 is 35.0 Å². The quantitative estimate of drug-likeness (QED) is 0.350. The fourth-order valence-electron chi connectivity index (χ4n) is 4.14. The SMILES string of the molecule is CCNC(=O)[C@@H](CC)N(Cc1ccc(Cl)cc1Cl)C(=O)CC(c1ccccc1)c1ccccc1. The lowest BCUT2D eigenvalue weighted by molar-refractivity contribution is -0.141. The number of hydrogen-bond donors (Lipinski definition) is 1. The number of halogens is 2. The van der Waals surface area contributed by atoms with Crippen LogP contribution >= 0.6 is 23.2 Å². The van der Waals surface area contributed by atoms with Crippen LogP contribution in [0.15, 0.2) is 78.9 Å². The number of carbonyl (C=O) groups is 2. The van der Waals surface area contributed by atoms with E-state index in [1.165, 1.54) is 0 Å². The van der Waals surface area contributed by atoms with Crippen molar-refractivity contribution in [3.05, 3.63) is 106 Å². The van der Waals surface area contributed by atoms with Crippen molar-refractivity contribution in [3.8, 4) is 0 Å². The molecule has 0 aliphatic heterocycles. The van der Waals surface area contributed by atoms with Crippen LogP contribution in [0.25, 0.3) is 0 Å². The van der Waals surface area contributed by atoms with E-state index in [2.05, 4.69) is 5.32 Å². The van der Waals surface area contributed by atoms with Gasteiger partial charge in [-0.3, -0.25) is 9.59 Å². The second-order valence-electron chi connectivity index (χ2n) is 8.15. The van der Waals surface area contributed by atoms with Crippen LogP contribution in [0.2, 0.25) is 10.0 Å². The topological polar surface area (TPSA) is 49.4 Å². The molecule has 3 rings (SSSR count). The Morgan fingerprint density at radius 2 is 1.47 bits per heavy atom. The van der Waals surface area contributed by atoms with Crippen LogP contribution in [0.3, 0.4) is 0 Å². The Kier molecular flexibility index (Phi) is 9.55. The minimum atomic E-state index is -0.605. The Labute approximate surface area is 211 Å². The molecule has 34 heavy (non-hydrogen) atoms. The number of nitrogens with one attached hydrogen (secondary N) is 1. The van der Waals surface area contributed by atoms with Gasteiger partial charge in [-0.2, -0.15) is 0 Å². The van der Waals surface area contributed by atoms with Gasteiger partial charge in [0.15, 0.2) is 0 Å². The molecule has 0 aliphatic carbocycles. The van der Waals surface area contributed by atoms with Crippen molar-refractivity contribution < 1.29 is 9.59 Å². The highest BCUT2D eigenvalue weighted by Gasteiger charge is 2.31. The predicted octanol–water partition coefficient (Wildman–Crippen LogP) is 6.46. The van der Waals surface area contributed by atoms with E-state index in [-0.39, 0.29) is 30.7 Å². The molecule has 1 atom stereocenters. The largest absolute Gasteiger partial charge is 0.355 e. The Bertz CT molecular complexity index is 1050. The number of carbonyl (C=O) groups excluding carboxylic acids is 2. The van der Waals surface area contributed by atoms with E-state index in [0.29, 0.717) is 23.0 Å². The molecule has 6 heteroatoms. The van der Waals surface area contributed by atoms with Gasteiger partial charge in [0.05, 0.1) is 0 Å². The summed E-state index contributed by atoms with van der Waals surface area (Å²) in [6.07, 6.45) is 0.721. The molecule has 0 aliphatic rings. The molecule has 0 unspecified atom stereocenters. The van der Waals surface area contributed by atoms with Crippen LogP contribution in [0, 0.1) is 0 Å². The lowest BCUT2D eigenvalue weighted by atomic mass is 9.88. The third-order valence-electron chi connectivity index (χ3n) is 5.88. The Hall–Kier alpha value is -2.82. The average molecular weight is 497 g/mol. The highest BCUT2D eigenvalue weighted by molar-refractivity contribution is 6.35. The maximum absolute atomic E-state index is 13.9. The molecule has 0 saturated heterocycles. The van der Waals surface area contributed by atoms with E-state index >= 15 is 0 Å². The maximum Gasteiger partial charge on any atom is 0.242 e. The van der Waals surface area contributed by atoms with E-state index in [9.17, 15) is 9.59 Å². The van der Waals surface area contributed by atoms with Gasteiger partial charge in [0.1, 0.15) is 6.04 Å². The van der Waals surface area contributed by atoms with Gasteiger partial charge in [0, 0.05) is 35.5 Å². The monoisotopic (exact) mass is 496 g/mol. The Morgan fingerprint density at radius 1 is 0.882 bits per heavy atom. The summed E-state index contributed by atoms with van der Waals surface area (Å²) in [4.78, 5) is 28.4. The van der Waals surface area contributed by atoms with Crippen LogP contribution in [0.4, 0.5) is 0 Å². The van der Waals surface area contributed by atoms with E-state index in [1.807, 2.05) is 74.5 Å². The van der Waals surface area contributed by atoms with Gasteiger partial charge in [0.2, 0.25) is 11.8 Å². The van der Waals surface area contributed by atoms with Crippen molar-refractivity contribution in [2.75, 3.05) is 6.54 Å².